The van der Waals surface area contributed by atoms with E-state index in [0.29, 0.717) is 17.1 Å². The zero-order valence-corrected chi connectivity index (χ0v) is 8.20. The largest absolute Gasteiger partial charge is 0.454 e. The second-order valence-corrected chi connectivity index (χ2v) is 3.47. The van der Waals surface area contributed by atoms with E-state index in [9.17, 15) is 4.79 Å². The van der Waals surface area contributed by atoms with Gasteiger partial charge in [0.05, 0.1) is 5.56 Å². The standard InChI is InChI=1S/C8H5IO3/c9-6-1-2-7-8(5(6)3-10)12-4-11-7/h1-3H,4H2. The fourth-order valence-electron chi connectivity index (χ4n) is 1.08. The fourth-order valence-corrected chi connectivity index (χ4v) is 1.63. The van der Waals surface area contributed by atoms with Gasteiger partial charge in [0.15, 0.2) is 17.8 Å². The Bertz CT molecular complexity index is 335. The minimum absolute atomic E-state index is 0.205. The van der Waals surface area contributed by atoms with E-state index in [2.05, 4.69) is 22.6 Å². The molecule has 2 rings (SSSR count). The summed E-state index contributed by atoms with van der Waals surface area (Å²) in [6.45, 7) is 0.205. The topological polar surface area (TPSA) is 35.5 Å². The smallest absolute Gasteiger partial charge is 0.231 e. The van der Waals surface area contributed by atoms with Crippen LogP contribution in [0.3, 0.4) is 0 Å². The van der Waals surface area contributed by atoms with E-state index < -0.39 is 0 Å². The predicted molar refractivity (Wildman–Crippen MR) is 50.7 cm³/mol. The van der Waals surface area contributed by atoms with Crippen molar-refractivity contribution in [1.29, 1.82) is 0 Å². The van der Waals surface area contributed by atoms with Crippen molar-refractivity contribution < 1.29 is 14.3 Å². The molecule has 1 aliphatic rings. The van der Waals surface area contributed by atoms with Gasteiger partial charge in [-0.05, 0) is 34.7 Å². The number of benzene rings is 1. The zero-order chi connectivity index (χ0) is 8.55. The van der Waals surface area contributed by atoms with Crippen LogP contribution < -0.4 is 9.47 Å². The van der Waals surface area contributed by atoms with E-state index in [1.807, 2.05) is 6.07 Å². The Balaban J connectivity index is 2.65. The van der Waals surface area contributed by atoms with Crippen LogP contribution in [0.2, 0.25) is 0 Å². The van der Waals surface area contributed by atoms with Gasteiger partial charge < -0.3 is 9.47 Å². The molecule has 0 saturated carbocycles. The van der Waals surface area contributed by atoms with Crippen LogP contribution >= 0.6 is 22.6 Å². The summed E-state index contributed by atoms with van der Waals surface area (Å²) in [5, 5.41) is 0. The number of fused-ring (bicyclic) bond motifs is 1. The van der Waals surface area contributed by atoms with Gasteiger partial charge in [-0.2, -0.15) is 0 Å². The summed E-state index contributed by atoms with van der Waals surface area (Å²) in [5.74, 6) is 1.22. The Morgan fingerprint density at radius 3 is 3.00 bits per heavy atom. The van der Waals surface area contributed by atoms with Gasteiger partial charge in [-0.15, -0.1) is 0 Å². The van der Waals surface area contributed by atoms with Crippen LogP contribution in [0.15, 0.2) is 12.1 Å². The first-order chi connectivity index (χ1) is 5.83. The minimum Gasteiger partial charge on any atom is -0.454 e. The van der Waals surface area contributed by atoms with E-state index in [-0.39, 0.29) is 6.79 Å². The van der Waals surface area contributed by atoms with Gasteiger partial charge in [-0.3, -0.25) is 4.79 Å². The molecule has 0 bridgehead atoms. The summed E-state index contributed by atoms with van der Waals surface area (Å²) in [7, 11) is 0. The third kappa shape index (κ3) is 1.06. The summed E-state index contributed by atoms with van der Waals surface area (Å²) >= 11 is 2.09. The third-order valence-corrected chi connectivity index (χ3v) is 2.58. The van der Waals surface area contributed by atoms with Crippen molar-refractivity contribution in [3.8, 4) is 11.5 Å². The maximum atomic E-state index is 10.6. The quantitative estimate of drug-likeness (QED) is 0.580. The normalized spacial score (nSPS) is 13.1. The van der Waals surface area contributed by atoms with Crippen LogP contribution in [0.25, 0.3) is 0 Å². The van der Waals surface area contributed by atoms with Crippen LogP contribution in [0.1, 0.15) is 10.4 Å². The molecule has 0 N–H and O–H groups in total. The van der Waals surface area contributed by atoms with Crippen LogP contribution in [0.5, 0.6) is 11.5 Å². The predicted octanol–water partition coefficient (Wildman–Crippen LogP) is 1.83. The average Bonchev–Trinajstić information content (AvgIpc) is 2.52. The lowest BCUT2D eigenvalue weighted by molar-refractivity contribution is 0.111. The number of aldehydes is 1. The summed E-state index contributed by atoms with van der Waals surface area (Å²) in [6, 6.07) is 3.63. The number of hydrogen-bond acceptors (Lipinski definition) is 3. The van der Waals surface area contributed by atoms with E-state index in [1.165, 1.54) is 0 Å². The van der Waals surface area contributed by atoms with Crippen LogP contribution in [-0.2, 0) is 0 Å². The first-order valence-corrected chi connectivity index (χ1v) is 4.44. The third-order valence-electron chi connectivity index (χ3n) is 1.64. The molecule has 0 spiro atoms. The Morgan fingerprint density at radius 2 is 2.25 bits per heavy atom. The van der Waals surface area contributed by atoms with Crippen LogP contribution in [0.4, 0.5) is 0 Å². The summed E-state index contributed by atoms with van der Waals surface area (Å²) in [4.78, 5) is 10.6. The lowest BCUT2D eigenvalue weighted by Gasteiger charge is -2.00. The zero-order valence-electron chi connectivity index (χ0n) is 6.04. The van der Waals surface area contributed by atoms with Gasteiger partial charge in [0.1, 0.15) is 0 Å². The highest BCUT2D eigenvalue weighted by Gasteiger charge is 2.19. The van der Waals surface area contributed by atoms with Crippen molar-refractivity contribution in [3.05, 3.63) is 21.3 Å². The van der Waals surface area contributed by atoms with Crippen LogP contribution in [0, 0.1) is 3.57 Å². The average molecular weight is 276 g/mol. The molecule has 0 unspecified atom stereocenters. The van der Waals surface area contributed by atoms with Crippen molar-refractivity contribution in [3.63, 3.8) is 0 Å². The Kier molecular flexibility index (Phi) is 1.92. The molecule has 12 heavy (non-hydrogen) atoms. The van der Waals surface area contributed by atoms with Gasteiger partial charge in [0.2, 0.25) is 6.79 Å². The molecular weight excluding hydrogens is 271 g/mol. The molecule has 0 atom stereocenters. The second-order valence-electron chi connectivity index (χ2n) is 2.31. The Morgan fingerprint density at radius 1 is 1.42 bits per heavy atom. The SMILES string of the molecule is O=Cc1c(I)ccc2c1OCO2. The molecule has 1 aromatic carbocycles. The van der Waals surface area contributed by atoms with E-state index in [0.717, 1.165) is 9.86 Å². The van der Waals surface area contributed by atoms with Gasteiger partial charge in [0, 0.05) is 3.57 Å². The van der Waals surface area contributed by atoms with E-state index >= 15 is 0 Å². The maximum Gasteiger partial charge on any atom is 0.231 e. The van der Waals surface area contributed by atoms with Crippen molar-refractivity contribution in [2.75, 3.05) is 6.79 Å². The minimum atomic E-state index is 0.205. The van der Waals surface area contributed by atoms with E-state index in [4.69, 9.17) is 9.47 Å². The molecular formula is C8H5IO3. The molecule has 0 aliphatic carbocycles. The van der Waals surface area contributed by atoms with Gasteiger partial charge in [-0.25, -0.2) is 0 Å². The van der Waals surface area contributed by atoms with Crippen molar-refractivity contribution in [2.24, 2.45) is 0 Å². The first-order valence-electron chi connectivity index (χ1n) is 3.36. The number of ether oxygens (including phenoxy) is 2. The molecule has 1 aromatic rings. The second kappa shape index (κ2) is 2.93. The highest BCUT2D eigenvalue weighted by Crippen LogP contribution is 2.36. The summed E-state index contributed by atoms with van der Waals surface area (Å²) in [5.41, 5.74) is 0.575. The molecule has 0 fully saturated rings. The van der Waals surface area contributed by atoms with Crippen molar-refractivity contribution in [1.82, 2.24) is 0 Å². The molecule has 0 saturated heterocycles. The number of halogens is 1. The van der Waals surface area contributed by atoms with Gasteiger partial charge in [-0.1, -0.05) is 0 Å². The fraction of sp³-hybridized carbons (Fsp3) is 0.125. The lowest BCUT2D eigenvalue weighted by atomic mass is 10.2. The molecule has 0 radical (unpaired) electrons. The Hall–Kier alpha value is -0.780. The van der Waals surface area contributed by atoms with Crippen LogP contribution in [-0.4, -0.2) is 13.1 Å². The number of carbonyl (C=O) groups excluding carboxylic acids is 1. The molecule has 4 heteroatoms. The van der Waals surface area contributed by atoms with Crippen molar-refractivity contribution in [2.45, 2.75) is 0 Å². The highest BCUT2D eigenvalue weighted by molar-refractivity contribution is 14.1. The maximum absolute atomic E-state index is 10.6. The van der Waals surface area contributed by atoms with E-state index in [1.54, 1.807) is 6.07 Å². The van der Waals surface area contributed by atoms with Crippen molar-refractivity contribution >= 4 is 28.9 Å². The molecule has 0 amide bonds. The Labute approximate surface area is 82.8 Å². The highest BCUT2D eigenvalue weighted by atomic mass is 127. The summed E-state index contributed by atoms with van der Waals surface area (Å²) in [6.07, 6.45) is 0.787. The lowest BCUT2D eigenvalue weighted by Crippen LogP contribution is -1.94. The molecule has 62 valence electrons. The number of carbonyl (C=O) groups is 1. The molecule has 1 aliphatic heterocycles. The molecule has 0 aromatic heterocycles. The summed E-state index contributed by atoms with van der Waals surface area (Å²) < 4.78 is 11.1. The molecule has 3 nitrogen and oxygen atoms in total. The van der Waals surface area contributed by atoms with Gasteiger partial charge >= 0.3 is 0 Å². The number of rotatable bonds is 1. The first kappa shape index (κ1) is 7.85. The van der Waals surface area contributed by atoms with Gasteiger partial charge in [0.25, 0.3) is 0 Å². The monoisotopic (exact) mass is 276 g/mol. The number of hydrogen-bond donors (Lipinski definition) is 0. The molecule has 1 heterocycles.